The molecule has 0 saturated heterocycles. The molecular weight excluding hydrogens is 222 g/mol. The maximum Gasteiger partial charge on any atom is 0.0998 e. The van der Waals surface area contributed by atoms with Gasteiger partial charge in [-0.15, -0.1) is 0 Å². The Morgan fingerprint density at radius 1 is 1.39 bits per heavy atom. The van der Waals surface area contributed by atoms with E-state index in [4.69, 9.17) is 5.26 Å². The predicted octanol–water partition coefficient (Wildman–Crippen LogP) is 3.46. The minimum Gasteiger partial charge on any atom is -0.269 e. The minimum absolute atomic E-state index is 0.564. The van der Waals surface area contributed by atoms with Gasteiger partial charge in [0.05, 0.1) is 23.9 Å². The van der Waals surface area contributed by atoms with Gasteiger partial charge in [-0.2, -0.15) is 10.4 Å². The van der Waals surface area contributed by atoms with Crippen LogP contribution in [0, 0.1) is 18.3 Å². The third kappa shape index (κ3) is 1.80. The molecule has 0 radical (unpaired) electrons. The van der Waals surface area contributed by atoms with E-state index in [2.05, 4.69) is 23.4 Å². The van der Waals surface area contributed by atoms with Crippen LogP contribution in [0.1, 0.15) is 36.4 Å². The van der Waals surface area contributed by atoms with Crippen LogP contribution in [-0.2, 0) is 0 Å². The van der Waals surface area contributed by atoms with E-state index in [1.165, 1.54) is 24.8 Å². The number of hydrogen-bond acceptors (Lipinski definition) is 2. The Morgan fingerprint density at radius 3 is 2.89 bits per heavy atom. The van der Waals surface area contributed by atoms with Crippen LogP contribution in [0.2, 0.25) is 0 Å². The van der Waals surface area contributed by atoms with Crippen LogP contribution in [0.25, 0.3) is 11.1 Å². The normalized spacial score (nSPS) is 15.1. The maximum absolute atomic E-state index is 9.17. The van der Waals surface area contributed by atoms with Gasteiger partial charge < -0.3 is 0 Å². The van der Waals surface area contributed by atoms with E-state index in [9.17, 15) is 0 Å². The zero-order valence-corrected chi connectivity index (χ0v) is 10.4. The van der Waals surface area contributed by atoms with Crippen LogP contribution in [0.5, 0.6) is 0 Å². The molecule has 3 heteroatoms. The fourth-order valence-corrected chi connectivity index (χ4v) is 2.32. The van der Waals surface area contributed by atoms with Gasteiger partial charge in [-0.3, -0.25) is 4.68 Å². The molecule has 1 aliphatic rings. The standard InChI is InChI=1S/C15H15N3/c1-11-5-6-12(8-16)15(7-11)13-9-17-18(10-13)14-3-2-4-14/h5-7,9-10,14H,2-4H2,1H3. The highest BCUT2D eigenvalue weighted by molar-refractivity contribution is 5.70. The Morgan fingerprint density at radius 2 is 2.22 bits per heavy atom. The quantitative estimate of drug-likeness (QED) is 0.802. The number of nitrogens with zero attached hydrogens (tertiary/aromatic N) is 3. The number of aryl methyl sites for hydroxylation is 1. The van der Waals surface area contributed by atoms with E-state index in [0.717, 1.165) is 11.1 Å². The van der Waals surface area contributed by atoms with E-state index in [0.29, 0.717) is 11.6 Å². The van der Waals surface area contributed by atoms with Gasteiger partial charge in [0.15, 0.2) is 0 Å². The monoisotopic (exact) mass is 237 g/mol. The highest BCUT2D eigenvalue weighted by Crippen LogP contribution is 2.32. The molecule has 1 aromatic heterocycles. The molecule has 2 aromatic rings. The molecule has 0 aliphatic heterocycles. The average molecular weight is 237 g/mol. The van der Waals surface area contributed by atoms with E-state index >= 15 is 0 Å². The van der Waals surface area contributed by atoms with Crippen LogP contribution in [0.4, 0.5) is 0 Å². The van der Waals surface area contributed by atoms with Crippen molar-refractivity contribution in [1.82, 2.24) is 9.78 Å². The zero-order valence-electron chi connectivity index (χ0n) is 10.4. The van der Waals surface area contributed by atoms with E-state index in [1.54, 1.807) is 0 Å². The lowest BCUT2D eigenvalue weighted by atomic mass is 9.93. The second-order valence-electron chi connectivity index (χ2n) is 4.95. The number of hydrogen-bond donors (Lipinski definition) is 0. The van der Waals surface area contributed by atoms with Crippen LogP contribution in [0.15, 0.2) is 30.6 Å². The molecule has 1 saturated carbocycles. The van der Waals surface area contributed by atoms with Crippen molar-refractivity contribution in [3.63, 3.8) is 0 Å². The Labute approximate surface area is 107 Å². The van der Waals surface area contributed by atoms with Crippen LogP contribution in [0.3, 0.4) is 0 Å². The lowest BCUT2D eigenvalue weighted by Crippen LogP contribution is -2.16. The van der Waals surface area contributed by atoms with Crippen molar-refractivity contribution >= 4 is 0 Å². The SMILES string of the molecule is Cc1ccc(C#N)c(-c2cnn(C3CCC3)c2)c1. The van der Waals surface area contributed by atoms with Gasteiger partial charge in [-0.25, -0.2) is 0 Å². The smallest absolute Gasteiger partial charge is 0.0998 e. The molecule has 0 spiro atoms. The fraction of sp³-hybridized carbons (Fsp3) is 0.333. The van der Waals surface area contributed by atoms with Crippen molar-refractivity contribution in [2.45, 2.75) is 32.2 Å². The van der Waals surface area contributed by atoms with Crippen LogP contribution < -0.4 is 0 Å². The van der Waals surface area contributed by atoms with Gasteiger partial charge in [0, 0.05) is 17.3 Å². The van der Waals surface area contributed by atoms with E-state index < -0.39 is 0 Å². The third-order valence-electron chi connectivity index (χ3n) is 3.66. The molecule has 1 fully saturated rings. The summed E-state index contributed by atoms with van der Waals surface area (Å²) >= 11 is 0. The van der Waals surface area contributed by atoms with Crippen molar-refractivity contribution in [2.75, 3.05) is 0 Å². The summed E-state index contributed by atoms with van der Waals surface area (Å²) in [6.07, 6.45) is 7.68. The first-order valence-corrected chi connectivity index (χ1v) is 6.33. The van der Waals surface area contributed by atoms with Gasteiger partial charge in [0.2, 0.25) is 0 Å². The minimum atomic E-state index is 0.564. The van der Waals surface area contributed by atoms with Crippen LogP contribution >= 0.6 is 0 Å². The Kier molecular flexibility index (Phi) is 2.64. The number of aromatic nitrogens is 2. The second-order valence-corrected chi connectivity index (χ2v) is 4.95. The van der Waals surface area contributed by atoms with Gasteiger partial charge in [0.25, 0.3) is 0 Å². The number of benzene rings is 1. The lowest BCUT2D eigenvalue weighted by molar-refractivity contribution is 0.289. The largest absolute Gasteiger partial charge is 0.269 e. The molecule has 0 atom stereocenters. The van der Waals surface area contributed by atoms with Crippen molar-refractivity contribution < 1.29 is 0 Å². The third-order valence-corrected chi connectivity index (χ3v) is 3.66. The van der Waals surface area contributed by atoms with Gasteiger partial charge in [0.1, 0.15) is 0 Å². The highest BCUT2D eigenvalue weighted by atomic mass is 15.3. The first-order chi connectivity index (χ1) is 8.78. The summed E-state index contributed by atoms with van der Waals surface area (Å²) in [6.45, 7) is 2.04. The van der Waals surface area contributed by atoms with Crippen molar-refractivity contribution in [2.24, 2.45) is 0 Å². The Balaban J connectivity index is 2.01. The molecule has 0 unspecified atom stereocenters. The average Bonchev–Trinajstić information content (AvgIpc) is 2.76. The van der Waals surface area contributed by atoms with E-state index in [-0.39, 0.29) is 0 Å². The molecule has 18 heavy (non-hydrogen) atoms. The number of rotatable bonds is 2. The maximum atomic E-state index is 9.17. The molecule has 3 rings (SSSR count). The molecule has 0 amide bonds. The van der Waals surface area contributed by atoms with Crippen molar-refractivity contribution in [3.8, 4) is 17.2 Å². The van der Waals surface area contributed by atoms with Gasteiger partial charge >= 0.3 is 0 Å². The summed E-state index contributed by atoms with van der Waals surface area (Å²) in [7, 11) is 0. The van der Waals surface area contributed by atoms with Crippen LogP contribution in [-0.4, -0.2) is 9.78 Å². The topological polar surface area (TPSA) is 41.6 Å². The zero-order chi connectivity index (χ0) is 12.5. The predicted molar refractivity (Wildman–Crippen MR) is 70.0 cm³/mol. The molecule has 1 aromatic carbocycles. The lowest BCUT2D eigenvalue weighted by Gasteiger charge is -2.25. The van der Waals surface area contributed by atoms with Crippen molar-refractivity contribution in [1.29, 1.82) is 5.26 Å². The van der Waals surface area contributed by atoms with Gasteiger partial charge in [-0.1, -0.05) is 11.6 Å². The van der Waals surface area contributed by atoms with E-state index in [1.807, 2.05) is 29.9 Å². The molecule has 0 bridgehead atoms. The summed E-state index contributed by atoms with van der Waals surface area (Å²) < 4.78 is 2.04. The highest BCUT2D eigenvalue weighted by Gasteiger charge is 2.20. The summed E-state index contributed by atoms with van der Waals surface area (Å²) in [5.41, 5.74) is 3.92. The summed E-state index contributed by atoms with van der Waals surface area (Å²) in [5.74, 6) is 0. The summed E-state index contributed by atoms with van der Waals surface area (Å²) in [5, 5.41) is 13.6. The summed E-state index contributed by atoms with van der Waals surface area (Å²) in [4.78, 5) is 0. The Hall–Kier alpha value is -2.08. The van der Waals surface area contributed by atoms with Gasteiger partial charge in [-0.05, 0) is 38.3 Å². The first kappa shape index (κ1) is 11.0. The molecule has 3 nitrogen and oxygen atoms in total. The Bertz CT molecular complexity index is 615. The molecule has 90 valence electrons. The molecular formula is C15H15N3. The second kappa shape index (κ2) is 4.30. The molecule has 0 N–H and O–H groups in total. The first-order valence-electron chi connectivity index (χ1n) is 6.33. The fourth-order valence-electron chi connectivity index (χ4n) is 2.32. The molecule has 1 aliphatic carbocycles. The molecule has 1 heterocycles. The number of nitriles is 1. The van der Waals surface area contributed by atoms with Crippen molar-refractivity contribution in [3.05, 3.63) is 41.7 Å². The summed E-state index contributed by atoms with van der Waals surface area (Å²) in [6, 6.07) is 8.72.